The molecule has 0 bridgehead atoms. The molecule has 0 aliphatic heterocycles. The molecule has 4 rings (SSSR count). The van der Waals surface area contributed by atoms with Crippen molar-refractivity contribution in [1.82, 2.24) is 24.1 Å². The highest BCUT2D eigenvalue weighted by molar-refractivity contribution is 7.98. The Kier molecular flexibility index (Phi) is 5.28. The average Bonchev–Trinajstić information content (AvgIpc) is 3.26. The van der Waals surface area contributed by atoms with Gasteiger partial charge in [0.05, 0.1) is 10.7 Å². The molecule has 8 heteroatoms. The fraction of sp³-hybridized carbons (Fsp3) is 0.250. The second-order valence-corrected chi connectivity index (χ2v) is 7.93. The molecule has 0 aliphatic carbocycles. The van der Waals surface area contributed by atoms with Gasteiger partial charge < -0.3 is 13.7 Å². The van der Waals surface area contributed by atoms with E-state index in [0.29, 0.717) is 16.5 Å². The van der Waals surface area contributed by atoms with E-state index in [0.717, 1.165) is 27.9 Å². The second kappa shape index (κ2) is 7.85. The van der Waals surface area contributed by atoms with Crippen LogP contribution in [0.15, 0.2) is 53.9 Å². The lowest BCUT2D eigenvalue weighted by Gasteiger charge is -2.15. The molecular formula is C20H20ClN5OS. The van der Waals surface area contributed by atoms with Gasteiger partial charge in [-0.15, -0.1) is 10.2 Å². The van der Waals surface area contributed by atoms with Crippen molar-refractivity contribution < 1.29 is 4.74 Å². The summed E-state index contributed by atoms with van der Waals surface area (Å²) in [6, 6.07) is 11.7. The Labute approximate surface area is 172 Å². The van der Waals surface area contributed by atoms with Crippen LogP contribution in [-0.4, -0.2) is 24.1 Å². The predicted molar refractivity (Wildman–Crippen MR) is 111 cm³/mol. The molecule has 0 N–H and O–H groups in total. The van der Waals surface area contributed by atoms with Crippen molar-refractivity contribution in [1.29, 1.82) is 0 Å². The van der Waals surface area contributed by atoms with Crippen LogP contribution in [0.4, 0.5) is 0 Å². The summed E-state index contributed by atoms with van der Waals surface area (Å²) in [5.74, 6) is 2.11. The molecule has 6 nitrogen and oxygen atoms in total. The minimum Gasteiger partial charge on any atom is -0.481 e. The van der Waals surface area contributed by atoms with Gasteiger partial charge in [-0.3, -0.25) is 0 Å². The zero-order valence-corrected chi connectivity index (χ0v) is 17.4. The van der Waals surface area contributed by atoms with Crippen LogP contribution in [0.3, 0.4) is 0 Å². The zero-order valence-electron chi connectivity index (χ0n) is 15.8. The topological polar surface area (TPSA) is 57.2 Å². The molecule has 4 aromatic rings. The SMILES string of the molecule is Cc1ccc(Cl)c(OC(C)c2nnc(SCc3cn4ccccc4n3)n2C)c1. The van der Waals surface area contributed by atoms with Crippen LogP contribution < -0.4 is 4.74 Å². The summed E-state index contributed by atoms with van der Waals surface area (Å²) in [7, 11) is 1.94. The maximum atomic E-state index is 6.24. The molecule has 0 spiro atoms. The fourth-order valence-corrected chi connectivity index (χ4v) is 3.91. The molecule has 0 saturated heterocycles. The number of halogens is 1. The Morgan fingerprint density at radius 3 is 2.89 bits per heavy atom. The van der Waals surface area contributed by atoms with Gasteiger partial charge in [0, 0.05) is 25.2 Å². The molecule has 1 unspecified atom stereocenters. The number of benzene rings is 1. The van der Waals surface area contributed by atoms with E-state index in [1.807, 2.05) is 78.7 Å². The summed E-state index contributed by atoms with van der Waals surface area (Å²) in [4.78, 5) is 4.62. The summed E-state index contributed by atoms with van der Waals surface area (Å²) in [5, 5.41) is 10.0. The Balaban J connectivity index is 1.46. The number of hydrogen-bond acceptors (Lipinski definition) is 5. The first-order chi connectivity index (χ1) is 13.5. The first-order valence-corrected chi connectivity index (χ1v) is 10.2. The summed E-state index contributed by atoms with van der Waals surface area (Å²) in [5.41, 5.74) is 3.03. The zero-order chi connectivity index (χ0) is 19.7. The van der Waals surface area contributed by atoms with Gasteiger partial charge in [-0.2, -0.15) is 0 Å². The summed E-state index contributed by atoms with van der Waals surface area (Å²) < 4.78 is 10.00. The van der Waals surface area contributed by atoms with Gasteiger partial charge in [-0.05, 0) is 43.7 Å². The standard InChI is InChI=1S/C20H20ClN5OS/c1-13-7-8-16(21)17(10-13)27-14(2)19-23-24-20(25(19)3)28-12-15-11-26-9-5-4-6-18(26)22-15/h4-11,14H,12H2,1-3H3. The van der Waals surface area contributed by atoms with Crippen LogP contribution in [0, 0.1) is 6.92 Å². The van der Waals surface area contributed by atoms with Crippen LogP contribution in [0.2, 0.25) is 5.02 Å². The molecule has 0 aliphatic rings. The van der Waals surface area contributed by atoms with Crippen molar-refractivity contribution in [3.05, 3.63) is 70.9 Å². The maximum absolute atomic E-state index is 6.24. The van der Waals surface area contributed by atoms with Gasteiger partial charge in [-0.1, -0.05) is 35.5 Å². The second-order valence-electron chi connectivity index (χ2n) is 6.58. The van der Waals surface area contributed by atoms with E-state index in [1.165, 1.54) is 0 Å². The lowest BCUT2D eigenvalue weighted by molar-refractivity contribution is 0.211. The first-order valence-electron chi connectivity index (χ1n) is 8.89. The molecule has 0 saturated carbocycles. The Bertz CT molecular complexity index is 1090. The third kappa shape index (κ3) is 3.86. The maximum Gasteiger partial charge on any atom is 0.191 e. The molecule has 0 fully saturated rings. The summed E-state index contributed by atoms with van der Waals surface area (Å²) in [6.07, 6.45) is 3.75. The largest absolute Gasteiger partial charge is 0.481 e. The highest BCUT2D eigenvalue weighted by Gasteiger charge is 2.18. The van der Waals surface area contributed by atoms with E-state index in [2.05, 4.69) is 15.2 Å². The van der Waals surface area contributed by atoms with Crippen molar-refractivity contribution in [2.75, 3.05) is 0 Å². The number of pyridine rings is 1. The average molecular weight is 414 g/mol. The molecule has 0 amide bonds. The van der Waals surface area contributed by atoms with E-state index >= 15 is 0 Å². The fourth-order valence-electron chi connectivity index (χ4n) is 2.95. The van der Waals surface area contributed by atoms with E-state index in [9.17, 15) is 0 Å². The number of aryl methyl sites for hydroxylation is 1. The van der Waals surface area contributed by atoms with Crippen LogP contribution in [0.1, 0.15) is 30.1 Å². The highest BCUT2D eigenvalue weighted by Crippen LogP contribution is 2.30. The van der Waals surface area contributed by atoms with E-state index in [4.69, 9.17) is 16.3 Å². The molecule has 1 aromatic carbocycles. The molecule has 28 heavy (non-hydrogen) atoms. The number of imidazole rings is 1. The van der Waals surface area contributed by atoms with E-state index in [1.54, 1.807) is 11.8 Å². The van der Waals surface area contributed by atoms with Crippen LogP contribution >= 0.6 is 23.4 Å². The van der Waals surface area contributed by atoms with Gasteiger partial charge in [0.25, 0.3) is 0 Å². The summed E-state index contributed by atoms with van der Waals surface area (Å²) >= 11 is 7.84. The van der Waals surface area contributed by atoms with E-state index in [-0.39, 0.29) is 6.10 Å². The molecule has 0 radical (unpaired) electrons. The number of thioether (sulfide) groups is 1. The smallest absolute Gasteiger partial charge is 0.191 e. The van der Waals surface area contributed by atoms with Crippen molar-refractivity contribution >= 4 is 29.0 Å². The Hall–Kier alpha value is -2.51. The third-order valence-corrected chi connectivity index (χ3v) is 5.75. The highest BCUT2D eigenvalue weighted by atomic mass is 35.5. The number of hydrogen-bond donors (Lipinski definition) is 0. The predicted octanol–water partition coefficient (Wildman–Crippen LogP) is 4.86. The van der Waals surface area contributed by atoms with Gasteiger partial charge in [0.15, 0.2) is 17.1 Å². The normalized spacial score (nSPS) is 12.4. The van der Waals surface area contributed by atoms with Crippen LogP contribution in [-0.2, 0) is 12.8 Å². The lowest BCUT2D eigenvalue weighted by Crippen LogP contribution is -2.10. The van der Waals surface area contributed by atoms with E-state index < -0.39 is 0 Å². The Morgan fingerprint density at radius 2 is 2.07 bits per heavy atom. The van der Waals surface area contributed by atoms with Gasteiger partial charge >= 0.3 is 0 Å². The van der Waals surface area contributed by atoms with Crippen molar-refractivity contribution in [2.45, 2.75) is 30.9 Å². The lowest BCUT2D eigenvalue weighted by atomic mass is 10.2. The number of rotatable bonds is 6. The first kappa shape index (κ1) is 18.8. The van der Waals surface area contributed by atoms with Crippen LogP contribution in [0.25, 0.3) is 5.65 Å². The minimum absolute atomic E-state index is 0.277. The molecule has 1 atom stereocenters. The third-order valence-electron chi connectivity index (χ3n) is 4.39. The number of nitrogens with zero attached hydrogens (tertiary/aromatic N) is 5. The van der Waals surface area contributed by atoms with Crippen molar-refractivity contribution in [3.8, 4) is 5.75 Å². The molecule has 3 heterocycles. The molecule has 144 valence electrons. The van der Waals surface area contributed by atoms with Gasteiger partial charge in [-0.25, -0.2) is 4.98 Å². The number of aromatic nitrogens is 5. The van der Waals surface area contributed by atoms with Gasteiger partial charge in [0.2, 0.25) is 0 Å². The Morgan fingerprint density at radius 1 is 1.21 bits per heavy atom. The van der Waals surface area contributed by atoms with Crippen molar-refractivity contribution in [2.24, 2.45) is 7.05 Å². The monoisotopic (exact) mass is 413 g/mol. The molecule has 3 aromatic heterocycles. The quantitative estimate of drug-likeness (QED) is 0.422. The summed E-state index contributed by atoms with van der Waals surface area (Å²) in [6.45, 7) is 3.95. The number of fused-ring (bicyclic) bond motifs is 1. The van der Waals surface area contributed by atoms with Crippen molar-refractivity contribution in [3.63, 3.8) is 0 Å². The van der Waals surface area contributed by atoms with Crippen LogP contribution in [0.5, 0.6) is 5.75 Å². The number of ether oxygens (including phenoxy) is 1. The minimum atomic E-state index is -0.277. The van der Waals surface area contributed by atoms with Gasteiger partial charge in [0.1, 0.15) is 11.4 Å². The molecular weight excluding hydrogens is 394 g/mol.